The summed E-state index contributed by atoms with van der Waals surface area (Å²) in [6, 6.07) is 3.60. The van der Waals surface area contributed by atoms with Gasteiger partial charge in [0.2, 0.25) is 0 Å². The molecule has 1 aromatic rings. The van der Waals surface area contributed by atoms with Crippen molar-refractivity contribution in [3.05, 3.63) is 22.4 Å². The Balaban J connectivity index is 2.45. The molecule has 0 bridgehead atoms. The Morgan fingerprint density at radius 2 is 2.67 bits per heavy atom. The summed E-state index contributed by atoms with van der Waals surface area (Å²) in [4.78, 5) is 11.8. The van der Waals surface area contributed by atoms with Crippen LogP contribution >= 0.6 is 11.3 Å². The van der Waals surface area contributed by atoms with Crippen molar-refractivity contribution in [2.24, 2.45) is 5.10 Å². The van der Waals surface area contributed by atoms with Crippen LogP contribution in [0.4, 0.5) is 0 Å². The number of carbonyl (C=O) groups excluding carboxylic acids is 1. The highest BCUT2D eigenvalue weighted by Crippen LogP contribution is 2.07. The fourth-order valence-corrected chi connectivity index (χ4v) is 1.27. The van der Waals surface area contributed by atoms with Crippen LogP contribution in [0.1, 0.15) is 23.0 Å². The van der Waals surface area contributed by atoms with Crippen molar-refractivity contribution in [1.29, 1.82) is 0 Å². The molecule has 0 aliphatic rings. The zero-order valence-corrected chi connectivity index (χ0v) is 7.60. The highest BCUT2D eigenvalue weighted by Gasteiger charge is 2.02. The first kappa shape index (κ1) is 8.93. The van der Waals surface area contributed by atoms with E-state index in [2.05, 4.69) is 10.5 Å². The Kier molecular flexibility index (Phi) is 3.47. The van der Waals surface area contributed by atoms with Crippen molar-refractivity contribution in [2.45, 2.75) is 13.3 Å². The maximum Gasteiger partial charge on any atom is 0.281 e. The van der Waals surface area contributed by atoms with Crippen LogP contribution in [0.15, 0.2) is 22.6 Å². The molecular weight excluding hydrogens is 172 g/mol. The average Bonchev–Trinajstić information content (AvgIpc) is 2.56. The third-order valence-corrected chi connectivity index (χ3v) is 2.05. The molecule has 3 nitrogen and oxygen atoms in total. The van der Waals surface area contributed by atoms with Gasteiger partial charge in [-0.25, -0.2) is 5.43 Å². The van der Waals surface area contributed by atoms with Gasteiger partial charge in [-0.2, -0.15) is 5.10 Å². The zero-order chi connectivity index (χ0) is 8.81. The number of hydrogen-bond donors (Lipinski definition) is 1. The molecule has 0 aromatic carbocycles. The molecule has 0 saturated heterocycles. The van der Waals surface area contributed by atoms with Crippen LogP contribution in [0.25, 0.3) is 0 Å². The SMILES string of the molecule is CC/C=N\NC(=O)c1cccs1. The molecule has 64 valence electrons. The van der Waals surface area contributed by atoms with Crippen molar-refractivity contribution >= 4 is 23.5 Å². The number of thiophene rings is 1. The number of hydrogen-bond acceptors (Lipinski definition) is 3. The highest BCUT2D eigenvalue weighted by atomic mass is 32.1. The van der Waals surface area contributed by atoms with E-state index in [0.717, 1.165) is 6.42 Å². The largest absolute Gasteiger partial charge is 0.281 e. The molecular formula is C8H10N2OS. The first-order valence-corrected chi connectivity index (χ1v) is 4.58. The number of nitrogens with one attached hydrogen (secondary N) is 1. The lowest BCUT2D eigenvalue weighted by molar-refractivity contribution is 0.0959. The van der Waals surface area contributed by atoms with Gasteiger partial charge in [-0.05, 0) is 17.9 Å². The molecule has 0 radical (unpaired) electrons. The summed E-state index contributed by atoms with van der Waals surface area (Å²) in [7, 11) is 0. The number of amides is 1. The molecule has 0 unspecified atom stereocenters. The normalized spacial score (nSPS) is 10.4. The van der Waals surface area contributed by atoms with Crippen molar-refractivity contribution in [1.82, 2.24) is 5.43 Å². The van der Waals surface area contributed by atoms with Crippen LogP contribution in [-0.4, -0.2) is 12.1 Å². The van der Waals surface area contributed by atoms with Gasteiger partial charge in [0.25, 0.3) is 5.91 Å². The Morgan fingerprint density at radius 1 is 1.83 bits per heavy atom. The second-order valence-electron chi connectivity index (χ2n) is 2.14. The van der Waals surface area contributed by atoms with E-state index >= 15 is 0 Å². The predicted molar refractivity (Wildman–Crippen MR) is 50.6 cm³/mol. The van der Waals surface area contributed by atoms with Crippen LogP contribution in [0.5, 0.6) is 0 Å². The molecule has 0 aliphatic heterocycles. The first-order valence-electron chi connectivity index (χ1n) is 3.70. The molecule has 1 rings (SSSR count). The summed E-state index contributed by atoms with van der Waals surface area (Å²) in [5.41, 5.74) is 2.43. The molecule has 1 heterocycles. The Morgan fingerprint density at radius 3 is 3.25 bits per heavy atom. The van der Waals surface area contributed by atoms with E-state index < -0.39 is 0 Å². The van der Waals surface area contributed by atoms with Crippen LogP contribution in [-0.2, 0) is 0 Å². The minimum atomic E-state index is -0.144. The number of hydrazone groups is 1. The maximum absolute atomic E-state index is 11.2. The van der Waals surface area contributed by atoms with Gasteiger partial charge in [-0.1, -0.05) is 13.0 Å². The van der Waals surface area contributed by atoms with Crippen molar-refractivity contribution in [3.63, 3.8) is 0 Å². The maximum atomic E-state index is 11.2. The molecule has 0 spiro atoms. The second-order valence-corrected chi connectivity index (χ2v) is 3.09. The van der Waals surface area contributed by atoms with Gasteiger partial charge in [0.05, 0.1) is 4.88 Å². The van der Waals surface area contributed by atoms with E-state index in [4.69, 9.17) is 0 Å². The summed E-state index contributed by atoms with van der Waals surface area (Å²) < 4.78 is 0. The summed E-state index contributed by atoms with van der Waals surface area (Å²) in [5.74, 6) is -0.144. The van der Waals surface area contributed by atoms with E-state index in [1.54, 1.807) is 12.3 Å². The van der Waals surface area contributed by atoms with Gasteiger partial charge in [-0.15, -0.1) is 11.3 Å². The molecule has 12 heavy (non-hydrogen) atoms. The van der Waals surface area contributed by atoms with Crippen molar-refractivity contribution in [3.8, 4) is 0 Å². The monoisotopic (exact) mass is 182 g/mol. The predicted octanol–water partition coefficient (Wildman–Crippen LogP) is 1.87. The third-order valence-electron chi connectivity index (χ3n) is 1.18. The number of rotatable bonds is 3. The average molecular weight is 182 g/mol. The minimum absolute atomic E-state index is 0.144. The Labute approximate surface area is 75.1 Å². The van der Waals surface area contributed by atoms with E-state index in [0.29, 0.717) is 4.88 Å². The first-order chi connectivity index (χ1) is 5.84. The van der Waals surface area contributed by atoms with Gasteiger partial charge in [0, 0.05) is 6.21 Å². The van der Waals surface area contributed by atoms with Crippen LogP contribution < -0.4 is 5.43 Å². The second kappa shape index (κ2) is 4.66. The van der Waals surface area contributed by atoms with Crippen LogP contribution in [0, 0.1) is 0 Å². The standard InChI is InChI=1S/C8H10N2OS/c1-2-5-9-10-8(11)7-4-3-6-12-7/h3-6H,2H2,1H3,(H,10,11)/b9-5-. The van der Waals surface area contributed by atoms with E-state index in [9.17, 15) is 4.79 Å². The lowest BCUT2D eigenvalue weighted by Gasteiger charge is -1.93. The molecule has 0 atom stereocenters. The topological polar surface area (TPSA) is 41.5 Å². The van der Waals surface area contributed by atoms with Gasteiger partial charge in [0.1, 0.15) is 0 Å². The molecule has 0 saturated carbocycles. The van der Waals surface area contributed by atoms with Gasteiger partial charge in [0.15, 0.2) is 0 Å². The number of nitrogens with zero attached hydrogens (tertiary/aromatic N) is 1. The molecule has 4 heteroatoms. The fraction of sp³-hybridized carbons (Fsp3) is 0.250. The zero-order valence-electron chi connectivity index (χ0n) is 6.78. The van der Waals surface area contributed by atoms with E-state index in [-0.39, 0.29) is 5.91 Å². The molecule has 1 N–H and O–H groups in total. The van der Waals surface area contributed by atoms with Crippen LogP contribution in [0.3, 0.4) is 0 Å². The van der Waals surface area contributed by atoms with Crippen molar-refractivity contribution in [2.75, 3.05) is 0 Å². The van der Waals surface area contributed by atoms with Crippen LogP contribution in [0.2, 0.25) is 0 Å². The van der Waals surface area contributed by atoms with E-state index in [1.807, 2.05) is 18.4 Å². The quantitative estimate of drug-likeness (QED) is 0.562. The molecule has 0 aliphatic carbocycles. The van der Waals surface area contributed by atoms with Crippen molar-refractivity contribution < 1.29 is 4.79 Å². The summed E-state index contributed by atoms with van der Waals surface area (Å²) >= 11 is 1.40. The lowest BCUT2D eigenvalue weighted by Crippen LogP contribution is -2.15. The van der Waals surface area contributed by atoms with Gasteiger partial charge < -0.3 is 0 Å². The molecule has 1 amide bonds. The summed E-state index contributed by atoms with van der Waals surface area (Å²) in [6.07, 6.45) is 2.48. The summed E-state index contributed by atoms with van der Waals surface area (Å²) in [6.45, 7) is 1.96. The molecule has 0 fully saturated rings. The van der Waals surface area contributed by atoms with E-state index in [1.165, 1.54) is 11.3 Å². The Bertz CT molecular complexity index is 267. The van der Waals surface area contributed by atoms with Gasteiger partial charge >= 0.3 is 0 Å². The number of carbonyl (C=O) groups is 1. The summed E-state index contributed by atoms with van der Waals surface area (Å²) in [5, 5.41) is 5.59. The smallest absolute Gasteiger partial charge is 0.266 e. The molecule has 1 aromatic heterocycles. The third kappa shape index (κ3) is 2.47. The minimum Gasteiger partial charge on any atom is -0.266 e. The fourth-order valence-electron chi connectivity index (χ4n) is 0.658. The van der Waals surface area contributed by atoms with Gasteiger partial charge in [-0.3, -0.25) is 4.79 Å². The lowest BCUT2D eigenvalue weighted by atomic mass is 10.4. The Hall–Kier alpha value is -1.16. The highest BCUT2D eigenvalue weighted by molar-refractivity contribution is 7.12.